The van der Waals surface area contributed by atoms with Crippen molar-refractivity contribution in [3.63, 3.8) is 0 Å². The zero-order chi connectivity index (χ0) is 27.9. The molecule has 0 saturated carbocycles. The van der Waals surface area contributed by atoms with Crippen molar-refractivity contribution in [1.29, 1.82) is 0 Å². The summed E-state index contributed by atoms with van der Waals surface area (Å²) in [6, 6.07) is 13.7. The summed E-state index contributed by atoms with van der Waals surface area (Å²) in [5.74, 6) is 0.695. The van der Waals surface area contributed by atoms with Gasteiger partial charge in [0.2, 0.25) is 0 Å². The van der Waals surface area contributed by atoms with Crippen LogP contribution < -0.4 is 11.1 Å². The number of benzene rings is 2. The Labute approximate surface area is 232 Å². The second-order valence-electron chi connectivity index (χ2n) is 9.44. The number of hydrogen-bond acceptors (Lipinski definition) is 5. The normalized spacial score (nSPS) is 15.2. The van der Waals surface area contributed by atoms with Crippen molar-refractivity contribution >= 4 is 23.4 Å². The predicted molar refractivity (Wildman–Crippen MR) is 151 cm³/mol. The minimum Gasteiger partial charge on any atom is -0.383 e. The number of nitrogens with one attached hydrogen (secondary N) is 1. The predicted octanol–water partition coefficient (Wildman–Crippen LogP) is 4.99. The number of hydrogen-bond donors (Lipinski definition) is 2. The van der Waals surface area contributed by atoms with Gasteiger partial charge >= 0.3 is 6.03 Å². The van der Waals surface area contributed by atoms with Crippen LogP contribution in [0.5, 0.6) is 0 Å². The Balaban J connectivity index is 0.000000187. The second kappa shape index (κ2) is 12.9. The van der Waals surface area contributed by atoms with E-state index in [-0.39, 0.29) is 5.82 Å². The molecule has 0 spiro atoms. The lowest BCUT2D eigenvalue weighted by Gasteiger charge is -2.15. The van der Waals surface area contributed by atoms with Gasteiger partial charge in [-0.05, 0) is 61.7 Å². The molecule has 1 aliphatic rings. The number of anilines is 1. The van der Waals surface area contributed by atoms with Crippen LogP contribution in [0.1, 0.15) is 23.5 Å². The van der Waals surface area contributed by atoms with Crippen LogP contribution in [-0.2, 0) is 11.8 Å². The SMILES string of the molecule is COCCN1CCC(c2cc(F)cc(Cl)c2)C1.Cc1c(-c2cnn(C)c2)nn(-c2ccccc2)c1NC(N)=O. The van der Waals surface area contributed by atoms with Crippen LogP contribution in [0, 0.1) is 12.7 Å². The number of primary amides is 1. The fraction of sp³-hybridized carbons (Fsp3) is 0.321. The molecule has 3 heterocycles. The number of para-hydroxylation sites is 1. The van der Waals surface area contributed by atoms with Gasteiger partial charge in [0.25, 0.3) is 0 Å². The summed E-state index contributed by atoms with van der Waals surface area (Å²) in [5, 5.41) is 11.9. The first-order chi connectivity index (χ1) is 18.7. The Morgan fingerprint density at radius 2 is 2.03 bits per heavy atom. The molecule has 4 aromatic rings. The van der Waals surface area contributed by atoms with Gasteiger partial charge in [0, 0.05) is 49.6 Å². The third kappa shape index (κ3) is 7.23. The van der Waals surface area contributed by atoms with Crippen molar-refractivity contribution in [2.75, 3.05) is 38.7 Å². The Morgan fingerprint density at radius 3 is 2.67 bits per heavy atom. The monoisotopic (exact) mass is 553 g/mol. The fourth-order valence-corrected chi connectivity index (χ4v) is 4.90. The Kier molecular flexibility index (Phi) is 9.34. The molecule has 5 rings (SSSR count). The van der Waals surface area contributed by atoms with Gasteiger partial charge in [0.05, 0.1) is 18.5 Å². The van der Waals surface area contributed by atoms with Gasteiger partial charge in [-0.2, -0.15) is 10.2 Å². The lowest BCUT2D eigenvalue weighted by Crippen LogP contribution is -2.24. The summed E-state index contributed by atoms with van der Waals surface area (Å²) in [5.41, 5.74) is 9.59. The van der Waals surface area contributed by atoms with E-state index < -0.39 is 6.03 Å². The lowest BCUT2D eigenvalue weighted by molar-refractivity contribution is 0.160. The molecule has 1 fully saturated rings. The highest BCUT2D eigenvalue weighted by molar-refractivity contribution is 6.30. The minimum absolute atomic E-state index is 0.247. The van der Waals surface area contributed by atoms with Gasteiger partial charge in [-0.1, -0.05) is 29.8 Å². The topological polar surface area (TPSA) is 103 Å². The number of ether oxygens (including phenoxy) is 1. The largest absolute Gasteiger partial charge is 0.383 e. The van der Waals surface area contributed by atoms with Crippen molar-refractivity contribution < 1.29 is 13.9 Å². The number of nitrogens with two attached hydrogens (primary N) is 1. The molecule has 1 saturated heterocycles. The van der Waals surface area contributed by atoms with E-state index >= 15 is 0 Å². The first-order valence-corrected chi connectivity index (χ1v) is 13.0. The number of carbonyl (C=O) groups is 1. The number of rotatable bonds is 7. The number of likely N-dealkylation sites (tertiary alicyclic amines) is 1. The van der Waals surface area contributed by atoms with E-state index in [0.717, 1.165) is 60.7 Å². The number of aromatic nitrogens is 4. The van der Waals surface area contributed by atoms with Crippen molar-refractivity contribution in [3.8, 4) is 16.9 Å². The summed E-state index contributed by atoms with van der Waals surface area (Å²) < 4.78 is 21.7. The molecule has 2 amide bonds. The van der Waals surface area contributed by atoms with Crippen LogP contribution in [0.2, 0.25) is 5.02 Å². The highest BCUT2D eigenvalue weighted by Crippen LogP contribution is 2.31. The molecular weight excluding hydrogens is 521 g/mol. The zero-order valence-electron chi connectivity index (χ0n) is 22.3. The average molecular weight is 554 g/mol. The molecule has 3 N–H and O–H groups in total. The minimum atomic E-state index is -0.627. The molecule has 1 aliphatic heterocycles. The Hall–Kier alpha value is -3.73. The summed E-state index contributed by atoms with van der Waals surface area (Å²) in [6.07, 6.45) is 4.67. The Bertz CT molecular complexity index is 1390. The van der Waals surface area contributed by atoms with Gasteiger partial charge in [-0.25, -0.2) is 13.9 Å². The molecule has 0 radical (unpaired) electrons. The summed E-state index contributed by atoms with van der Waals surface area (Å²) in [7, 11) is 3.55. The zero-order valence-corrected chi connectivity index (χ0v) is 23.0. The van der Waals surface area contributed by atoms with Crippen molar-refractivity contribution in [3.05, 3.63) is 82.9 Å². The third-order valence-corrected chi connectivity index (χ3v) is 6.80. The molecule has 9 nitrogen and oxygen atoms in total. The summed E-state index contributed by atoms with van der Waals surface area (Å²) in [6.45, 7) is 5.58. The third-order valence-electron chi connectivity index (χ3n) is 6.58. The number of amides is 2. The van der Waals surface area contributed by atoms with Crippen LogP contribution in [0.3, 0.4) is 0 Å². The number of aryl methyl sites for hydroxylation is 1. The van der Waals surface area contributed by atoms with E-state index in [9.17, 15) is 9.18 Å². The number of urea groups is 1. The average Bonchev–Trinajstić information content (AvgIpc) is 3.63. The van der Waals surface area contributed by atoms with E-state index in [4.69, 9.17) is 22.1 Å². The number of halogens is 2. The maximum absolute atomic E-state index is 13.3. The quantitative estimate of drug-likeness (QED) is 0.336. The van der Waals surface area contributed by atoms with Crippen molar-refractivity contribution in [1.82, 2.24) is 24.5 Å². The lowest BCUT2D eigenvalue weighted by atomic mass is 9.98. The standard InChI is InChI=1S/C15H16N6O.C13H17ClFNO/c1-10-13(11-8-17-20(2)9-11)19-21(14(10)18-15(16)22)12-6-4-3-5-7-12;1-17-5-4-16-3-2-10(9-16)11-6-12(14)8-13(15)7-11/h3-9H,1-2H3,(H3,16,18,22);6-8,10H,2-5,9H2,1H3. The molecule has 2 aromatic heterocycles. The van der Waals surface area contributed by atoms with E-state index in [0.29, 0.717) is 16.8 Å². The number of nitrogens with zero attached hydrogens (tertiary/aromatic N) is 5. The Morgan fingerprint density at radius 1 is 1.26 bits per heavy atom. The second-order valence-corrected chi connectivity index (χ2v) is 9.88. The summed E-state index contributed by atoms with van der Waals surface area (Å²) >= 11 is 5.87. The highest BCUT2D eigenvalue weighted by Gasteiger charge is 2.24. The molecule has 206 valence electrons. The van der Waals surface area contributed by atoms with E-state index in [1.54, 1.807) is 28.7 Å². The van der Waals surface area contributed by atoms with E-state index in [1.165, 1.54) is 6.07 Å². The number of methoxy groups -OCH3 is 1. The van der Waals surface area contributed by atoms with Crippen molar-refractivity contribution in [2.24, 2.45) is 12.8 Å². The highest BCUT2D eigenvalue weighted by atomic mass is 35.5. The first kappa shape index (κ1) is 28.3. The van der Waals surface area contributed by atoms with E-state index in [2.05, 4.69) is 20.4 Å². The molecular formula is C28H33ClFN7O2. The maximum atomic E-state index is 13.3. The number of carbonyl (C=O) groups excluding carboxylic acids is 1. The van der Waals surface area contributed by atoms with Gasteiger partial charge < -0.3 is 15.4 Å². The fourth-order valence-electron chi connectivity index (χ4n) is 4.67. The molecule has 11 heteroatoms. The van der Waals surface area contributed by atoms with Crippen LogP contribution >= 0.6 is 11.6 Å². The van der Waals surface area contributed by atoms with Crippen LogP contribution in [0.25, 0.3) is 16.9 Å². The first-order valence-electron chi connectivity index (χ1n) is 12.6. The molecule has 39 heavy (non-hydrogen) atoms. The molecule has 2 aromatic carbocycles. The van der Waals surface area contributed by atoms with Crippen LogP contribution in [0.15, 0.2) is 60.9 Å². The van der Waals surface area contributed by atoms with E-state index in [1.807, 2.05) is 56.6 Å². The smallest absolute Gasteiger partial charge is 0.317 e. The van der Waals surface area contributed by atoms with Gasteiger partial charge in [-0.3, -0.25) is 10.00 Å². The van der Waals surface area contributed by atoms with Crippen LogP contribution in [0.4, 0.5) is 15.0 Å². The molecule has 1 unspecified atom stereocenters. The molecule has 0 bridgehead atoms. The van der Waals surface area contributed by atoms with Gasteiger partial charge in [-0.15, -0.1) is 0 Å². The molecule has 1 atom stereocenters. The van der Waals surface area contributed by atoms with Gasteiger partial charge in [0.1, 0.15) is 17.3 Å². The maximum Gasteiger partial charge on any atom is 0.317 e. The summed E-state index contributed by atoms with van der Waals surface area (Å²) in [4.78, 5) is 13.6. The molecule has 0 aliphatic carbocycles. The van der Waals surface area contributed by atoms with Crippen LogP contribution in [-0.4, -0.2) is 63.8 Å². The van der Waals surface area contributed by atoms with Crippen molar-refractivity contribution in [2.45, 2.75) is 19.3 Å². The van der Waals surface area contributed by atoms with Gasteiger partial charge in [0.15, 0.2) is 0 Å².